The molecule has 2 heterocycles. The number of thiophene rings is 1. The highest BCUT2D eigenvalue weighted by Gasteiger charge is 2.35. The summed E-state index contributed by atoms with van der Waals surface area (Å²) >= 11 is 2.55. The van der Waals surface area contributed by atoms with Crippen LogP contribution in [0.4, 0.5) is 4.79 Å². The Morgan fingerprint density at radius 1 is 1.13 bits per heavy atom. The fourth-order valence-electron chi connectivity index (χ4n) is 3.32. The molecule has 0 spiro atoms. The van der Waals surface area contributed by atoms with Crippen LogP contribution >= 0.6 is 23.1 Å². The molecule has 0 saturated carbocycles. The van der Waals surface area contributed by atoms with E-state index in [1.54, 1.807) is 25.6 Å². The van der Waals surface area contributed by atoms with Crippen molar-refractivity contribution in [2.45, 2.75) is 19.4 Å². The van der Waals surface area contributed by atoms with Gasteiger partial charge in [-0.25, -0.2) is 0 Å². The van der Waals surface area contributed by atoms with Crippen LogP contribution in [0.25, 0.3) is 11.6 Å². The average Bonchev–Trinajstić information content (AvgIpc) is 3.35. The second-order valence-corrected chi connectivity index (χ2v) is 8.81. The number of ether oxygens (including phenoxy) is 2. The lowest BCUT2D eigenvalue weighted by Gasteiger charge is -2.12. The standard InChI is InChI=1S/C23H21NO4S2/c1-27-18-8-6-15(7-9-18)13-24-22(25)21(30-23(24)26)12-20-11-17(14-29-20)16-4-3-5-19(10-16)28-2/h5-12,14H,3-4,13H2,1-2H3/b21-12-. The number of nitrogens with zero attached hydrogens (tertiary/aromatic N) is 1. The van der Waals surface area contributed by atoms with E-state index in [0.29, 0.717) is 4.91 Å². The van der Waals surface area contributed by atoms with Crippen molar-refractivity contribution in [3.63, 3.8) is 0 Å². The van der Waals surface area contributed by atoms with Crippen LogP contribution in [0.15, 0.2) is 58.5 Å². The van der Waals surface area contributed by atoms with Crippen molar-refractivity contribution in [2.75, 3.05) is 14.2 Å². The van der Waals surface area contributed by atoms with Crippen molar-refractivity contribution in [2.24, 2.45) is 0 Å². The number of carbonyl (C=O) groups is 2. The molecule has 0 bridgehead atoms. The minimum atomic E-state index is -0.253. The van der Waals surface area contributed by atoms with Gasteiger partial charge in [0.2, 0.25) is 0 Å². The van der Waals surface area contributed by atoms with Gasteiger partial charge in [0.15, 0.2) is 0 Å². The monoisotopic (exact) mass is 439 g/mol. The molecule has 0 N–H and O–H groups in total. The lowest BCUT2D eigenvalue weighted by molar-refractivity contribution is -0.123. The summed E-state index contributed by atoms with van der Waals surface area (Å²) in [4.78, 5) is 27.9. The van der Waals surface area contributed by atoms with Gasteiger partial charge in [-0.2, -0.15) is 0 Å². The predicted molar refractivity (Wildman–Crippen MR) is 121 cm³/mol. The topological polar surface area (TPSA) is 55.8 Å². The summed E-state index contributed by atoms with van der Waals surface area (Å²) in [6.45, 7) is 0.251. The SMILES string of the molecule is COC1=CCCC(c2csc(/C=C3\SC(=O)N(Cc4ccc(OC)cc4)C3=O)c2)=C1. The molecule has 4 rings (SSSR count). The third-order valence-corrected chi connectivity index (χ3v) is 6.74. The van der Waals surface area contributed by atoms with Crippen molar-refractivity contribution in [3.8, 4) is 5.75 Å². The summed E-state index contributed by atoms with van der Waals surface area (Å²) in [5, 5.41) is 1.83. The summed E-state index contributed by atoms with van der Waals surface area (Å²) < 4.78 is 10.5. The first kappa shape index (κ1) is 20.5. The van der Waals surface area contributed by atoms with E-state index < -0.39 is 0 Å². The smallest absolute Gasteiger partial charge is 0.293 e. The number of methoxy groups -OCH3 is 2. The van der Waals surface area contributed by atoms with Gasteiger partial charge in [0, 0.05) is 4.88 Å². The van der Waals surface area contributed by atoms with Crippen LogP contribution in [0.3, 0.4) is 0 Å². The summed E-state index contributed by atoms with van der Waals surface area (Å²) in [6.07, 6.45) is 7.85. The van der Waals surface area contributed by atoms with Gasteiger partial charge in [-0.15, -0.1) is 11.3 Å². The van der Waals surface area contributed by atoms with Crippen molar-refractivity contribution in [3.05, 3.63) is 74.5 Å². The molecule has 2 amide bonds. The maximum absolute atomic E-state index is 12.8. The second-order valence-electron chi connectivity index (χ2n) is 6.87. The van der Waals surface area contributed by atoms with E-state index in [4.69, 9.17) is 9.47 Å². The van der Waals surface area contributed by atoms with Gasteiger partial charge in [0.25, 0.3) is 11.1 Å². The van der Waals surface area contributed by atoms with E-state index in [0.717, 1.165) is 52.1 Å². The molecule has 5 nitrogen and oxygen atoms in total. The number of amides is 2. The number of rotatable bonds is 6. The molecule has 30 heavy (non-hydrogen) atoms. The highest BCUT2D eigenvalue weighted by molar-refractivity contribution is 8.18. The highest BCUT2D eigenvalue weighted by Crippen LogP contribution is 2.36. The van der Waals surface area contributed by atoms with Gasteiger partial charge in [0.1, 0.15) is 11.5 Å². The van der Waals surface area contributed by atoms with Gasteiger partial charge in [0.05, 0.1) is 25.7 Å². The van der Waals surface area contributed by atoms with Gasteiger partial charge in [-0.05, 0) is 83.1 Å². The van der Waals surface area contributed by atoms with Crippen molar-refractivity contribution in [1.29, 1.82) is 0 Å². The van der Waals surface area contributed by atoms with E-state index in [-0.39, 0.29) is 17.7 Å². The number of hydrogen-bond acceptors (Lipinski definition) is 6. The Morgan fingerprint density at radius 2 is 1.93 bits per heavy atom. The number of carbonyl (C=O) groups excluding carboxylic acids is 2. The zero-order valence-corrected chi connectivity index (χ0v) is 18.3. The molecular formula is C23H21NO4S2. The maximum atomic E-state index is 12.8. The van der Waals surface area contributed by atoms with Crippen LogP contribution in [0.1, 0.15) is 28.8 Å². The van der Waals surface area contributed by atoms with Crippen LogP contribution < -0.4 is 4.74 Å². The third-order valence-electron chi connectivity index (χ3n) is 4.95. The van der Waals surface area contributed by atoms with Gasteiger partial charge < -0.3 is 9.47 Å². The number of thioether (sulfide) groups is 1. The first-order valence-electron chi connectivity index (χ1n) is 9.49. The highest BCUT2D eigenvalue weighted by atomic mass is 32.2. The second kappa shape index (κ2) is 8.93. The molecule has 1 aliphatic heterocycles. The van der Waals surface area contributed by atoms with Crippen molar-refractivity contribution < 1.29 is 19.1 Å². The summed E-state index contributed by atoms with van der Waals surface area (Å²) in [5.74, 6) is 1.36. The maximum Gasteiger partial charge on any atom is 0.293 e. The van der Waals surface area contributed by atoms with Crippen LogP contribution in [-0.2, 0) is 16.1 Å². The lowest BCUT2D eigenvalue weighted by Crippen LogP contribution is -2.27. The number of benzene rings is 1. The normalized spacial score (nSPS) is 17.9. The van der Waals surface area contributed by atoms with E-state index in [9.17, 15) is 9.59 Å². The zero-order chi connectivity index (χ0) is 21.1. The number of imide groups is 1. The summed E-state index contributed by atoms with van der Waals surface area (Å²) in [5.41, 5.74) is 3.23. The number of allylic oxidation sites excluding steroid dienone is 3. The van der Waals surface area contributed by atoms with Gasteiger partial charge >= 0.3 is 0 Å². The molecule has 1 saturated heterocycles. The first-order valence-corrected chi connectivity index (χ1v) is 11.2. The van der Waals surface area contributed by atoms with Gasteiger partial charge in [-0.3, -0.25) is 14.5 Å². The lowest BCUT2D eigenvalue weighted by atomic mass is 9.98. The molecule has 0 radical (unpaired) electrons. The molecule has 1 aromatic heterocycles. The van der Waals surface area contributed by atoms with Crippen LogP contribution in [0, 0.1) is 0 Å². The Morgan fingerprint density at radius 3 is 2.67 bits per heavy atom. The van der Waals surface area contributed by atoms with Gasteiger partial charge in [-0.1, -0.05) is 12.1 Å². The first-order chi connectivity index (χ1) is 14.6. The molecule has 154 valence electrons. The molecule has 1 fully saturated rings. The molecule has 0 unspecified atom stereocenters. The van der Waals surface area contributed by atoms with E-state index in [1.165, 1.54) is 10.5 Å². The Labute approximate surface area is 183 Å². The van der Waals surface area contributed by atoms with E-state index in [1.807, 2.05) is 30.3 Å². The summed E-state index contributed by atoms with van der Waals surface area (Å²) in [7, 11) is 3.27. The molecule has 7 heteroatoms. The minimum Gasteiger partial charge on any atom is -0.497 e. The van der Waals surface area contributed by atoms with E-state index >= 15 is 0 Å². The number of hydrogen-bond donors (Lipinski definition) is 0. The Bertz CT molecular complexity index is 1060. The van der Waals surface area contributed by atoms with Crippen LogP contribution in [0.2, 0.25) is 0 Å². The van der Waals surface area contributed by atoms with E-state index in [2.05, 4.69) is 23.6 Å². The quantitative estimate of drug-likeness (QED) is 0.541. The Balaban J connectivity index is 1.49. The molecule has 2 aliphatic rings. The zero-order valence-electron chi connectivity index (χ0n) is 16.7. The van der Waals surface area contributed by atoms with Crippen LogP contribution in [-0.4, -0.2) is 30.3 Å². The largest absolute Gasteiger partial charge is 0.497 e. The molecule has 1 aliphatic carbocycles. The predicted octanol–water partition coefficient (Wildman–Crippen LogP) is 5.70. The Kier molecular flexibility index (Phi) is 6.11. The molecule has 1 aromatic carbocycles. The fraction of sp³-hybridized carbons (Fsp3) is 0.217. The minimum absolute atomic E-state index is 0.247. The van der Waals surface area contributed by atoms with Crippen molar-refractivity contribution in [1.82, 2.24) is 4.90 Å². The van der Waals surface area contributed by atoms with Crippen molar-refractivity contribution >= 4 is 45.9 Å². The summed E-state index contributed by atoms with van der Waals surface area (Å²) in [6, 6.07) is 9.42. The molecule has 0 atom stereocenters. The average molecular weight is 440 g/mol. The third kappa shape index (κ3) is 4.37. The molecule has 2 aromatic rings. The Hall–Kier alpha value is -2.77. The molecular weight excluding hydrogens is 418 g/mol. The fourth-order valence-corrected chi connectivity index (χ4v) is 5.09. The van der Waals surface area contributed by atoms with Crippen LogP contribution in [0.5, 0.6) is 5.75 Å².